The van der Waals surface area contributed by atoms with Gasteiger partial charge in [-0.2, -0.15) is 0 Å². The SMILES string of the molecule is S=C(CCNC(=S)CCNC(=S)c1ccc(OC2CCCCC2)cc1)NCCCNC(=S)CCNC(=S)CCNC(=S)c1ccc(OC2CCCCC2)cc1. The van der Waals surface area contributed by atoms with E-state index < -0.39 is 0 Å². The minimum Gasteiger partial charge on any atom is -0.490 e. The lowest BCUT2D eigenvalue weighted by Crippen LogP contribution is -2.33. The fourth-order valence-corrected chi connectivity index (χ4v) is 7.73. The van der Waals surface area contributed by atoms with Crippen molar-refractivity contribution in [2.45, 2.75) is 109 Å². The number of hydrogen-bond acceptors (Lipinski definition) is 8. The molecule has 0 saturated heterocycles. The highest BCUT2D eigenvalue weighted by molar-refractivity contribution is 7.81. The second-order valence-electron chi connectivity index (χ2n) is 14.1. The van der Waals surface area contributed by atoms with Crippen LogP contribution in [0.5, 0.6) is 11.5 Å². The molecule has 2 saturated carbocycles. The first-order valence-electron chi connectivity index (χ1n) is 19.9. The molecule has 0 bridgehead atoms. The molecule has 0 amide bonds. The third-order valence-corrected chi connectivity index (χ3v) is 11.7. The van der Waals surface area contributed by atoms with Crippen LogP contribution in [0.25, 0.3) is 0 Å². The number of ether oxygens (including phenoxy) is 2. The summed E-state index contributed by atoms with van der Waals surface area (Å²) in [6.07, 6.45) is 16.7. The summed E-state index contributed by atoms with van der Waals surface area (Å²) in [4.78, 5) is 4.65. The Balaban J connectivity index is 0.927. The largest absolute Gasteiger partial charge is 0.490 e. The average Bonchev–Trinajstić information content (AvgIpc) is 3.19. The summed E-state index contributed by atoms with van der Waals surface area (Å²) in [5, 5.41) is 19.9. The smallest absolute Gasteiger partial charge is 0.119 e. The lowest BCUT2D eigenvalue weighted by Gasteiger charge is -2.23. The number of hydrogen-bond donors (Lipinski definition) is 6. The maximum Gasteiger partial charge on any atom is 0.119 e. The van der Waals surface area contributed by atoms with Crippen molar-refractivity contribution in [2.24, 2.45) is 0 Å². The Bertz CT molecular complexity index is 1420. The zero-order valence-electron chi connectivity index (χ0n) is 31.9. The quantitative estimate of drug-likeness (QED) is 0.0512. The molecule has 14 heteroatoms. The van der Waals surface area contributed by atoms with Crippen molar-refractivity contribution in [3.05, 3.63) is 59.7 Å². The van der Waals surface area contributed by atoms with Gasteiger partial charge in [-0.25, -0.2) is 0 Å². The van der Waals surface area contributed by atoms with Gasteiger partial charge in [0.05, 0.1) is 32.2 Å². The highest BCUT2D eigenvalue weighted by Gasteiger charge is 2.16. The Morgan fingerprint density at radius 3 is 1.07 bits per heavy atom. The Morgan fingerprint density at radius 2 is 0.727 bits per heavy atom. The molecule has 0 unspecified atom stereocenters. The average molecular weight is 859 g/mol. The molecular formula is C41H58N6O2S6. The minimum atomic E-state index is 0.341. The molecule has 8 nitrogen and oxygen atoms in total. The maximum absolute atomic E-state index is 6.13. The number of nitrogens with one attached hydrogen (secondary N) is 6. The molecule has 0 heterocycles. The standard InChI is InChI=1S/C41H58N6O2S6/c50-36(20-26-44-38(52)22-28-46-40(54)30-12-16-34(17-13-30)48-32-8-3-1-4-9-32)42-24-7-25-43-37(51)21-27-45-39(53)23-29-47-41(55)31-14-18-35(19-15-31)49-33-10-5-2-6-11-33/h12-19,32-33H,1-11,20-29H2,(H,42,50)(H,43,51)(H,44,52)(H,45,53)(H,46,54)(H,47,55). The van der Waals surface area contributed by atoms with Crippen LogP contribution in [-0.4, -0.2) is 81.4 Å². The van der Waals surface area contributed by atoms with Gasteiger partial charge in [0, 0.05) is 76.1 Å². The van der Waals surface area contributed by atoms with Crippen LogP contribution in [0.4, 0.5) is 0 Å². The van der Waals surface area contributed by atoms with Gasteiger partial charge in [0.15, 0.2) is 0 Å². The van der Waals surface area contributed by atoms with Gasteiger partial charge in [-0.1, -0.05) is 86.1 Å². The van der Waals surface area contributed by atoms with E-state index in [4.69, 9.17) is 82.8 Å². The first kappa shape index (κ1) is 45.1. The fourth-order valence-electron chi connectivity index (χ4n) is 6.43. The fraction of sp³-hybridized carbons (Fsp3) is 0.561. The molecule has 55 heavy (non-hydrogen) atoms. The first-order valence-corrected chi connectivity index (χ1v) is 22.4. The van der Waals surface area contributed by atoms with Crippen LogP contribution in [0.3, 0.4) is 0 Å². The van der Waals surface area contributed by atoms with Crippen LogP contribution in [0.15, 0.2) is 48.5 Å². The number of thiocarbonyl (C=S) groups is 6. The van der Waals surface area contributed by atoms with Crippen LogP contribution < -0.4 is 41.4 Å². The van der Waals surface area contributed by atoms with E-state index in [-0.39, 0.29) is 0 Å². The predicted molar refractivity (Wildman–Crippen MR) is 253 cm³/mol. The summed E-state index contributed by atoms with van der Waals surface area (Å²) in [5.74, 6) is 1.83. The summed E-state index contributed by atoms with van der Waals surface area (Å²) in [5.41, 5.74) is 1.96. The minimum absolute atomic E-state index is 0.341. The highest BCUT2D eigenvalue weighted by Crippen LogP contribution is 2.25. The molecule has 6 N–H and O–H groups in total. The molecule has 0 radical (unpaired) electrons. The van der Waals surface area contributed by atoms with Crippen molar-refractivity contribution < 1.29 is 9.47 Å². The summed E-state index contributed by atoms with van der Waals surface area (Å²) < 4.78 is 12.3. The molecule has 300 valence electrons. The van der Waals surface area contributed by atoms with E-state index in [1.807, 2.05) is 48.5 Å². The molecule has 0 atom stereocenters. The van der Waals surface area contributed by atoms with Gasteiger partial charge in [-0.15, -0.1) is 0 Å². The van der Waals surface area contributed by atoms with Gasteiger partial charge < -0.3 is 41.4 Å². The molecule has 0 spiro atoms. The summed E-state index contributed by atoms with van der Waals surface area (Å²) >= 11 is 33.2. The Labute approximate surface area is 361 Å². The molecule has 2 aromatic carbocycles. The van der Waals surface area contributed by atoms with Crippen LogP contribution in [0.1, 0.15) is 107 Å². The van der Waals surface area contributed by atoms with Crippen LogP contribution in [0, 0.1) is 0 Å². The molecule has 2 aromatic rings. The second kappa shape index (κ2) is 26.3. The Hall–Kier alpha value is -2.62. The van der Waals surface area contributed by atoms with Crippen LogP contribution in [0.2, 0.25) is 0 Å². The van der Waals surface area contributed by atoms with E-state index in [1.54, 1.807) is 0 Å². The Morgan fingerprint density at radius 1 is 0.418 bits per heavy atom. The maximum atomic E-state index is 6.13. The topological polar surface area (TPSA) is 90.6 Å². The molecule has 0 aliphatic heterocycles. The van der Waals surface area contributed by atoms with E-state index in [0.717, 1.165) is 101 Å². The normalized spacial score (nSPS) is 14.5. The zero-order valence-corrected chi connectivity index (χ0v) is 36.8. The van der Waals surface area contributed by atoms with Crippen molar-refractivity contribution in [3.63, 3.8) is 0 Å². The number of rotatable bonds is 22. The summed E-state index contributed by atoms with van der Waals surface area (Å²) in [6.45, 7) is 4.30. The van der Waals surface area contributed by atoms with Crippen molar-refractivity contribution >= 4 is 103 Å². The lowest BCUT2D eigenvalue weighted by atomic mass is 9.98. The molecule has 2 aliphatic rings. The predicted octanol–water partition coefficient (Wildman–Crippen LogP) is 7.96. The van der Waals surface area contributed by atoms with Crippen molar-refractivity contribution in [1.29, 1.82) is 0 Å². The van der Waals surface area contributed by atoms with Crippen LogP contribution in [-0.2, 0) is 0 Å². The zero-order chi connectivity index (χ0) is 39.1. The van der Waals surface area contributed by atoms with Gasteiger partial charge in [0.2, 0.25) is 0 Å². The molecule has 2 aliphatic carbocycles. The van der Waals surface area contributed by atoms with Crippen molar-refractivity contribution in [1.82, 2.24) is 31.9 Å². The van der Waals surface area contributed by atoms with E-state index >= 15 is 0 Å². The van der Waals surface area contributed by atoms with Gasteiger partial charge >= 0.3 is 0 Å². The third kappa shape index (κ3) is 18.9. The highest BCUT2D eigenvalue weighted by atomic mass is 32.1. The molecule has 4 rings (SSSR count). The summed E-state index contributed by atoms with van der Waals surface area (Å²) in [7, 11) is 0. The Kier molecular flexibility index (Phi) is 21.6. The van der Waals surface area contributed by atoms with E-state index in [0.29, 0.717) is 61.2 Å². The molecule has 2 fully saturated rings. The van der Waals surface area contributed by atoms with Crippen molar-refractivity contribution in [2.75, 3.05) is 39.3 Å². The monoisotopic (exact) mass is 858 g/mol. The second-order valence-corrected chi connectivity index (χ2v) is 16.9. The first-order chi connectivity index (χ1) is 26.7. The van der Waals surface area contributed by atoms with E-state index in [9.17, 15) is 0 Å². The third-order valence-electron chi connectivity index (χ3n) is 9.56. The van der Waals surface area contributed by atoms with E-state index in [2.05, 4.69) is 31.9 Å². The number of benzene rings is 2. The van der Waals surface area contributed by atoms with Gasteiger partial charge in [0.25, 0.3) is 0 Å². The van der Waals surface area contributed by atoms with Crippen molar-refractivity contribution in [3.8, 4) is 11.5 Å². The molecule has 0 aromatic heterocycles. The van der Waals surface area contributed by atoms with Gasteiger partial charge in [0.1, 0.15) is 21.5 Å². The van der Waals surface area contributed by atoms with Gasteiger partial charge in [-0.05, 0) is 106 Å². The summed E-state index contributed by atoms with van der Waals surface area (Å²) in [6, 6.07) is 16.1. The lowest BCUT2D eigenvalue weighted by molar-refractivity contribution is 0.155. The van der Waals surface area contributed by atoms with Gasteiger partial charge in [-0.3, -0.25) is 0 Å². The van der Waals surface area contributed by atoms with E-state index in [1.165, 1.54) is 38.5 Å². The molecular weight excluding hydrogens is 801 g/mol. The van der Waals surface area contributed by atoms with Crippen LogP contribution >= 0.6 is 73.3 Å².